The van der Waals surface area contributed by atoms with Gasteiger partial charge in [0.05, 0.1) is 16.1 Å². The third kappa shape index (κ3) is 3.26. The molecule has 0 saturated carbocycles. The number of H-pyrrole nitrogens is 2. The van der Waals surface area contributed by atoms with Crippen molar-refractivity contribution in [1.82, 2.24) is 9.97 Å². The first-order valence-electron chi connectivity index (χ1n) is 13.5. The maximum atomic E-state index is 6.93. The van der Waals surface area contributed by atoms with E-state index in [1.165, 1.54) is 27.1 Å². The van der Waals surface area contributed by atoms with Crippen molar-refractivity contribution in [2.75, 3.05) is 0 Å². The van der Waals surface area contributed by atoms with Gasteiger partial charge in [-0.25, -0.2) is 0 Å². The number of nitrogens with one attached hydrogen (secondary N) is 2. The van der Waals surface area contributed by atoms with Gasteiger partial charge in [-0.2, -0.15) is 0 Å². The normalized spacial score (nSPS) is 12.1. The summed E-state index contributed by atoms with van der Waals surface area (Å²) in [7, 11) is 0. The molecule has 2 N–H and O–H groups in total. The summed E-state index contributed by atoms with van der Waals surface area (Å²) in [5.41, 5.74) is 10.3. The smallest absolute Gasteiger partial charge is 0.144 e. The van der Waals surface area contributed by atoms with E-state index in [4.69, 9.17) is 16.0 Å². The molecule has 194 valence electrons. The first-order chi connectivity index (χ1) is 20.2. The number of furan rings is 1. The van der Waals surface area contributed by atoms with Crippen molar-refractivity contribution in [3.63, 3.8) is 0 Å². The quantitative estimate of drug-likeness (QED) is 0.201. The Bertz CT molecular complexity index is 2520. The highest BCUT2D eigenvalue weighted by atomic mass is 79.9. The van der Waals surface area contributed by atoms with Gasteiger partial charge in [-0.05, 0) is 69.5 Å². The Hall–Kier alpha value is -4.51. The van der Waals surface area contributed by atoms with E-state index in [0.29, 0.717) is 5.02 Å². The summed E-state index contributed by atoms with van der Waals surface area (Å²) in [6, 6.07) is 38.0. The van der Waals surface area contributed by atoms with Crippen LogP contribution in [0.2, 0.25) is 5.02 Å². The van der Waals surface area contributed by atoms with Crippen LogP contribution in [0.15, 0.2) is 118 Å². The third-order valence-electron chi connectivity index (χ3n) is 8.32. The highest BCUT2D eigenvalue weighted by Gasteiger charge is 2.20. The average molecular weight is 612 g/mol. The van der Waals surface area contributed by atoms with Crippen LogP contribution in [-0.2, 0) is 0 Å². The Labute approximate surface area is 247 Å². The first-order valence-corrected chi connectivity index (χ1v) is 14.7. The largest absolute Gasteiger partial charge is 0.455 e. The lowest BCUT2D eigenvalue weighted by molar-refractivity contribution is 0.670. The van der Waals surface area contributed by atoms with Gasteiger partial charge in [0, 0.05) is 59.0 Å². The van der Waals surface area contributed by atoms with Crippen molar-refractivity contribution in [3.8, 4) is 22.3 Å². The fraction of sp³-hybridized carbons (Fsp3) is 0. The van der Waals surface area contributed by atoms with Crippen LogP contribution in [0.25, 0.3) is 87.8 Å². The lowest BCUT2D eigenvalue weighted by Crippen LogP contribution is -1.84. The van der Waals surface area contributed by atoms with E-state index in [0.717, 1.165) is 65.2 Å². The van der Waals surface area contributed by atoms with Gasteiger partial charge in [-0.1, -0.05) is 78.3 Å². The van der Waals surface area contributed by atoms with E-state index >= 15 is 0 Å². The van der Waals surface area contributed by atoms with Crippen molar-refractivity contribution in [2.24, 2.45) is 0 Å². The summed E-state index contributed by atoms with van der Waals surface area (Å²) in [5, 5.41) is 7.54. The SMILES string of the molecule is Clc1ccc2c(oc3ccc(-c4ccc(Br)c5[nH]c6ccccc6c45)cc32)c1-c1cccc2c1[nH]c1ccccc12. The van der Waals surface area contributed by atoms with E-state index in [9.17, 15) is 0 Å². The molecule has 0 spiro atoms. The number of benzene rings is 6. The highest BCUT2D eigenvalue weighted by Crippen LogP contribution is 2.45. The zero-order valence-electron chi connectivity index (χ0n) is 21.6. The average Bonchev–Trinajstić information content (AvgIpc) is 3.69. The maximum absolute atomic E-state index is 6.93. The number of aromatic amines is 2. The molecule has 41 heavy (non-hydrogen) atoms. The molecule has 0 aliphatic rings. The predicted molar refractivity (Wildman–Crippen MR) is 176 cm³/mol. The minimum absolute atomic E-state index is 0.663. The Morgan fingerprint density at radius 2 is 1.34 bits per heavy atom. The van der Waals surface area contributed by atoms with Gasteiger partial charge in [-0.3, -0.25) is 0 Å². The number of hydrogen-bond acceptors (Lipinski definition) is 1. The Kier molecular flexibility index (Phi) is 4.81. The number of rotatable bonds is 2. The lowest BCUT2D eigenvalue weighted by atomic mass is 9.96. The van der Waals surface area contributed by atoms with Gasteiger partial charge in [-0.15, -0.1) is 0 Å². The summed E-state index contributed by atoms with van der Waals surface area (Å²) in [6.07, 6.45) is 0. The number of halogens is 2. The molecule has 0 atom stereocenters. The van der Waals surface area contributed by atoms with Gasteiger partial charge in [0.2, 0.25) is 0 Å². The molecule has 9 aromatic rings. The molecule has 9 rings (SSSR count). The van der Waals surface area contributed by atoms with Crippen LogP contribution >= 0.6 is 27.5 Å². The molecule has 0 unspecified atom stereocenters. The van der Waals surface area contributed by atoms with Crippen LogP contribution in [0.1, 0.15) is 0 Å². The Morgan fingerprint density at radius 1 is 0.585 bits per heavy atom. The van der Waals surface area contributed by atoms with Gasteiger partial charge in [0.15, 0.2) is 0 Å². The third-order valence-corrected chi connectivity index (χ3v) is 9.30. The van der Waals surface area contributed by atoms with E-state index in [1.807, 2.05) is 6.07 Å². The van der Waals surface area contributed by atoms with Crippen molar-refractivity contribution in [3.05, 3.63) is 119 Å². The molecule has 6 aromatic carbocycles. The lowest BCUT2D eigenvalue weighted by Gasteiger charge is -2.08. The predicted octanol–water partition coefficient (Wildman–Crippen LogP) is 11.6. The molecule has 3 aromatic heterocycles. The van der Waals surface area contributed by atoms with E-state index in [-0.39, 0.29) is 0 Å². The minimum atomic E-state index is 0.663. The van der Waals surface area contributed by atoms with Crippen molar-refractivity contribution < 1.29 is 4.42 Å². The molecule has 0 aliphatic carbocycles. The molecule has 0 saturated heterocycles. The van der Waals surface area contributed by atoms with Gasteiger partial charge in [0.25, 0.3) is 0 Å². The van der Waals surface area contributed by atoms with Gasteiger partial charge in [0.1, 0.15) is 11.2 Å². The van der Waals surface area contributed by atoms with Crippen molar-refractivity contribution >= 4 is 93.1 Å². The summed E-state index contributed by atoms with van der Waals surface area (Å²) in [6.45, 7) is 0. The Morgan fingerprint density at radius 3 is 2.22 bits per heavy atom. The maximum Gasteiger partial charge on any atom is 0.144 e. The fourth-order valence-corrected chi connectivity index (χ4v) is 7.16. The molecule has 3 nitrogen and oxygen atoms in total. The fourth-order valence-electron chi connectivity index (χ4n) is 6.48. The monoisotopic (exact) mass is 610 g/mol. The Balaban J connectivity index is 1.31. The van der Waals surface area contributed by atoms with E-state index < -0.39 is 0 Å². The van der Waals surface area contributed by atoms with Crippen LogP contribution in [0.3, 0.4) is 0 Å². The molecule has 0 radical (unpaired) electrons. The number of hydrogen-bond donors (Lipinski definition) is 2. The zero-order chi connectivity index (χ0) is 27.2. The standard InChI is InChI=1S/C36H20BrClN2O/c37-27-15-13-20(32-24-7-2-4-11-30(24)40-35(27)32)19-12-17-31-26(18-19)23-14-16-28(38)33(36(23)41-31)25-9-5-8-22-21-6-1-3-10-29(21)39-34(22)25/h1-18,39-40H. The number of fused-ring (bicyclic) bond motifs is 9. The summed E-state index contributed by atoms with van der Waals surface area (Å²) >= 11 is 10.7. The molecule has 0 aliphatic heterocycles. The second-order valence-corrected chi connectivity index (χ2v) is 11.8. The second kappa shape index (κ2) is 8.50. The van der Waals surface area contributed by atoms with Crippen molar-refractivity contribution in [2.45, 2.75) is 0 Å². The molecule has 0 bridgehead atoms. The van der Waals surface area contributed by atoms with Gasteiger partial charge >= 0.3 is 0 Å². The van der Waals surface area contributed by atoms with Crippen LogP contribution in [0.4, 0.5) is 0 Å². The van der Waals surface area contributed by atoms with Crippen LogP contribution in [0, 0.1) is 0 Å². The summed E-state index contributed by atoms with van der Waals surface area (Å²) in [4.78, 5) is 7.22. The molecular formula is C36H20BrClN2O. The molecule has 0 amide bonds. The molecule has 5 heteroatoms. The minimum Gasteiger partial charge on any atom is -0.455 e. The van der Waals surface area contributed by atoms with E-state index in [1.54, 1.807) is 0 Å². The molecular weight excluding hydrogens is 592 g/mol. The second-order valence-electron chi connectivity index (χ2n) is 10.5. The van der Waals surface area contributed by atoms with E-state index in [2.05, 4.69) is 129 Å². The van der Waals surface area contributed by atoms with Gasteiger partial charge < -0.3 is 14.4 Å². The molecule has 3 heterocycles. The summed E-state index contributed by atoms with van der Waals surface area (Å²) < 4.78 is 7.63. The van der Waals surface area contributed by atoms with Crippen LogP contribution in [-0.4, -0.2) is 9.97 Å². The van der Waals surface area contributed by atoms with Crippen molar-refractivity contribution in [1.29, 1.82) is 0 Å². The number of aromatic nitrogens is 2. The summed E-state index contributed by atoms with van der Waals surface area (Å²) in [5.74, 6) is 0. The number of para-hydroxylation sites is 3. The van der Waals surface area contributed by atoms with Crippen LogP contribution in [0.5, 0.6) is 0 Å². The van der Waals surface area contributed by atoms with Crippen LogP contribution < -0.4 is 0 Å². The first kappa shape index (κ1) is 23.2. The molecule has 0 fully saturated rings. The topological polar surface area (TPSA) is 44.7 Å². The highest BCUT2D eigenvalue weighted by molar-refractivity contribution is 9.10. The zero-order valence-corrected chi connectivity index (χ0v) is 23.9.